The van der Waals surface area contributed by atoms with Crippen LogP contribution in [0, 0.1) is 11.8 Å². The van der Waals surface area contributed by atoms with Gasteiger partial charge >= 0.3 is 12.0 Å². The number of ketones is 1. The summed E-state index contributed by atoms with van der Waals surface area (Å²) in [7, 11) is 0. The Morgan fingerprint density at radius 3 is 2.47 bits per heavy atom. The topological polar surface area (TPSA) is 26.3 Å². The molecule has 0 saturated heterocycles. The summed E-state index contributed by atoms with van der Waals surface area (Å²) in [6.45, 7) is 0.0342. The first kappa shape index (κ1) is 13.3. The number of ether oxygens (including phenoxy) is 1. The van der Waals surface area contributed by atoms with Crippen LogP contribution in [0.1, 0.15) is 5.56 Å². The molecule has 90 valence electrons. The van der Waals surface area contributed by atoms with Crippen molar-refractivity contribution in [2.75, 3.05) is 6.61 Å². The molecule has 1 aromatic carbocycles. The molecule has 0 heterocycles. The van der Waals surface area contributed by atoms with Crippen LogP contribution in [0.5, 0.6) is 0 Å². The van der Waals surface area contributed by atoms with Crippen LogP contribution in [0.4, 0.5) is 13.2 Å². The lowest BCUT2D eigenvalue weighted by molar-refractivity contribution is -0.164. The summed E-state index contributed by atoms with van der Waals surface area (Å²) in [5.74, 6) is 1.44. The van der Waals surface area contributed by atoms with Gasteiger partial charge in [0.05, 0.1) is 6.61 Å². The average molecular weight is 242 g/mol. The maximum absolute atomic E-state index is 11.7. The molecule has 0 aromatic heterocycles. The lowest BCUT2D eigenvalue weighted by Gasteiger charge is -1.99. The van der Waals surface area contributed by atoms with E-state index in [9.17, 15) is 18.0 Å². The van der Waals surface area contributed by atoms with Crippen LogP contribution in [0.2, 0.25) is 0 Å². The fraction of sp³-hybridized carbons (Fsp3) is 0.250. The van der Waals surface area contributed by atoms with Gasteiger partial charge in [0.25, 0.3) is 0 Å². The maximum Gasteiger partial charge on any atom is 0.462 e. The molecular weight excluding hydrogens is 233 g/mol. The van der Waals surface area contributed by atoms with Gasteiger partial charge < -0.3 is 4.74 Å². The van der Waals surface area contributed by atoms with Crippen molar-refractivity contribution in [3.8, 4) is 11.8 Å². The van der Waals surface area contributed by atoms with Crippen LogP contribution in [0.3, 0.4) is 0 Å². The first-order valence-electron chi connectivity index (χ1n) is 4.72. The Morgan fingerprint density at radius 2 is 1.88 bits per heavy atom. The molecule has 0 aliphatic carbocycles. The molecule has 17 heavy (non-hydrogen) atoms. The van der Waals surface area contributed by atoms with Crippen LogP contribution in [0.25, 0.3) is 0 Å². The molecule has 1 aromatic rings. The minimum absolute atomic E-state index is 0.212. The van der Waals surface area contributed by atoms with Crippen molar-refractivity contribution in [1.29, 1.82) is 0 Å². The maximum atomic E-state index is 11.7. The summed E-state index contributed by atoms with van der Waals surface area (Å²) < 4.78 is 40.2. The van der Waals surface area contributed by atoms with Gasteiger partial charge in [-0.1, -0.05) is 36.3 Å². The Bertz CT molecular complexity index is 427. The number of hydrogen-bond donors (Lipinski definition) is 0. The minimum atomic E-state index is -4.90. The van der Waals surface area contributed by atoms with Crippen molar-refractivity contribution in [3.63, 3.8) is 0 Å². The van der Waals surface area contributed by atoms with E-state index in [1.54, 1.807) is 0 Å². The fourth-order valence-corrected chi connectivity index (χ4v) is 0.981. The number of rotatable bonds is 3. The largest absolute Gasteiger partial charge is 0.462 e. The van der Waals surface area contributed by atoms with Gasteiger partial charge in [0.2, 0.25) is 0 Å². The Kier molecular flexibility index (Phi) is 4.73. The van der Waals surface area contributed by atoms with Gasteiger partial charge in [0.1, 0.15) is 6.61 Å². The Balaban J connectivity index is 2.30. The van der Waals surface area contributed by atoms with Gasteiger partial charge in [-0.05, 0) is 11.5 Å². The van der Waals surface area contributed by atoms with Gasteiger partial charge in [-0.2, -0.15) is 13.2 Å². The van der Waals surface area contributed by atoms with Gasteiger partial charge in [-0.3, -0.25) is 4.79 Å². The quantitative estimate of drug-likeness (QED) is 0.462. The third-order valence-corrected chi connectivity index (χ3v) is 1.75. The van der Waals surface area contributed by atoms with Crippen molar-refractivity contribution in [2.45, 2.75) is 12.8 Å². The van der Waals surface area contributed by atoms with E-state index in [0.29, 0.717) is 0 Å². The minimum Gasteiger partial charge on any atom is -0.364 e. The lowest BCUT2D eigenvalue weighted by Crippen LogP contribution is -2.20. The Hall–Kier alpha value is -1.80. The highest BCUT2D eigenvalue weighted by atomic mass is 19.4. The Morgan fingerprint density at radius 1 is 1.24 bits per heavy atom. The molecule has 1 rings (SSSR count). The molecule has 2 nitrogen and oxygen atoms in total. The summed E-state index contributed by atoms with van der Waals surface area (Å²) in [5.41, 5.74) is 0.886. The normalized spacial score (nSPS) is 10.5. The SMILES string of the molecule is O=C(C#CCOCc1ccccc1)C(F)(F)F. The number of hydrogen-bond acceptors (Lipinski definition) is 2. The number of Topliss-reactive ketones (excluding diaryl/α,β-unsaturated/α-hetero) is 1. The van der Waals surface area contributed by atoms with Crippen LogP contribution >= 0.6 is 0 Å². The average Bonchev–Trinajstić information content (AvgIpc) is 2.28. The monoisotopic (exact) mass is 242 g/mol. The van der Waals surface area contributed by atoms with E-state index in [-0.39, 0.29) is 13.2 Å². The number of halogens is 3. The second-order valence-corrected chi connectivity index (χ2v) is 3.11. The lowest BCUT2D eigenvalue weighted by atomic mass is 10.2. The summed E-state index contributed by atoms with van der Waals surface area (Å²) in [4.78, 5) is 10.3. The van der Waals surface area contributed by atoms with Crippen molar-refractivity contribution < 1.29 is 22.7 Å². The molecule has 0 aliphatic heterocycles. The highest BCUT2D eigenvalue weighted by Gasteiger charge is 2.36. The third-order valence-electron chi connectivity index (χ3n) is 1.75. The van der Waals surface area contributed by atoms with Gasteiger partial charge in [0.15, 0.2) is 0 Å². The molecule has 0 amide bonds. The summed E-state index contributed by atoms with van der Waals surface area (Å²) >= 11 is 0. The molecule has 0 fully saturated rings. The van der Waals surface area contributed by atoms with Crippen molar-refractivity contribution in [3.05, 3.63) is 35.9 Å². The van der Waals surface area contributed by atoms with E-state index in [1.807, 2.05) is 36.3 Å². The van der Waals surface area contributed by atoms with Crippen LogP contribution in [0.15, 0.2) is 30.3 Å². The predicted molar refractivity (Wildman–Crippen MR) is 54.9 cm³/mol. The molecule has 0 unspecified atom stereocenters. The van der Waals surface area contributed by atoms with Crippen LogP contribution in [-0.2, 0) is 16.1 Å². The standard InChI is InChI=1S/C12H9F3O2/c13-12(14,15)11(16)7-4-8-17-9-10-5-2-1-3-6-10/h1-3,5-6H,8-9H2. The van der Waals surface area contributed by atoms with Gasteiger partial charge in [0, 0.05) is 0 Å². The summed E-state index contributed by atoms with van der Waals surface area (Å²) in [5, 5.41) is 0. The van der Waals surface area contributed by atoms with Gasteiger partial charge in [-0.15, -0.1) is 0 Å². The molecule has 0 N–H and O–H groups in total. The van der Waals surface area contributed by atoms with Crippen molar-refractivity contribution >= 4 is 5.78 Å². The molecule has 0 atom stereocenters. The smallest absolute Gasteiger partial charge is 0.364 e. The molecule has 0 saturated carbocycles. The second-order valence-electron chi connectivity index (χ2n) is 3.11. The van der Waals surface area contributed by atoms with E-state index in [4.69, 9.17) is 4.74 Å². The first-order chi connectivity index (χ1) is 8.00. The number of carbonyl (C=O) groups is 1. The zero-order chi connectivity index (χ0) is 12.7. The molecular formula is C12H9F3O2. The molecule has 0 spiro atoms. The molecule has 5 heteroatoms. The highest BCUT2D eigenvalue weighted by molar-refractivity contribution is 5.99. The van der Waals surface area contributed by atoms with E-state index in [2.05, 4.69) is 0 Å². The summed E-state index contributed by atoms with van der Waals surface area (Å²) in [6.07, 6.45) is -4.90. The second kappa shape index (κ2) is 6.06. The molecule has 0 radical (unpaired) electrons. The van der Waals surface area contributed by atoms with Crippen molar-refractivity contribution in [1.82, 2.24) is 0 Å². The number of benzene rings is 1. The van der Waals surface area contributed by atoms with Gasteiger partial charge in [-0.25, -0.2) is 0 Å². The van der Waals surface area contributed by atoms with Crippen LogP contribution in [-0.4, -0.2) is 18.6 Å². The highest BCUT2D eigenvalue weighted by Crippen LogP contribution is 2.14. The number of carbonyl (C=O) groups excluding carboxylic acids is 1. The predicted octanol–water partition coefficient (Wildman–Crippen LogP) is 2.34. The zero-order valence-electron chi connectivity index (χ0n) is 8.75. The Labute approximate surface area is 96.4 Å². The van der Waals surface area contributed by atoms with E-state index >= 15 is 0 Å². The zero-order valence-corrected chi connectivity index (χ0v) is 8.75. The fourth-order valence-electron chi connectivity index (χ4n) is 0.981. The van der Waals surface area contributed by atoms with E-state index < -0.39 is 12.0 Å². The molecule has 0 aliphatic rings. The van der Waals surface area contributed by atoms with Crippen LogP contribution < -0.4 is 0 Å². The summed E-state index contributed by atoms with van der Waals surface area (Å²) in [6, 6.07) is 9.10. The van der Waals surface area contributed by atoms with E-state index in [0.717, 1.165) is 5.56 Å². The third kappa shape index (κ3) is 5.18. The molecule has 0 bridgehead atoms. The van der Waals surface area contributed by atoms with E-state index in [1.165, 1.54) is 5.92 Å². The number of alkyl halides is 3. The first-order valence-corrected chi connectivity index (χ1v) is 4.72. The van der Waals surface area contributed by atoms with Crippen molar-refractivity contribution in [2.24, 2.45) is 0 Å².